The van der Waals surface area contributed by atoms with E-state index in [9.17, 15) is 9.59 Å². The molecule has 1 aliphatic heterocycles. The summed E-state index contributed by atoms with van der Waals surface area (Å²) in [6.45, 7) is 12.2. The minimum atomic E-state index is -1.06. The second kappa shape index (κ2) is 9.21. The largest absolute Gasteiger partial charge is 0.492 e. The predicted octanol–water partition coefficient (Wildman–Crippen LogP) is 3.88. The van der Waals surface area contributed by atoms with Gasteiger partial charge >= 0.3 is 5.97 Å². The molecule has 0 amide bonds. The van der Waals surface area contributed by atoms with E-state index in [1.54, 1.807) is 23.1 Å². The summed E-state index contributed by atoms with van der Waals surface area (Å²) < 4.78 is 11.2. The van der Waals surface area contributed by atoms with Crippen LogP contribution in [0, 0.1) is 19.3 Å². The summed E-state index contributed by atoms with van der Waals surface area (Å²) in [5.41, 5.74) is 4.08. The number of ether oxygens (including phenoxy) is 2. The van der Waals surface area contributed by atoms with E-state index >= 15 is 0 Å². The van der Waals surface area contributed by atoms with Gasteiger partial charge in [0.15, 0.2) is 12.4 Å². The van der Waals surface area contributed by atoms with Crippen LogP contribution in [0.3, 0.4) is 0 Å². The molecule has 33 heavy (non-hydrogen) atoms. The van der Waals surface area contributed by atoms with Crippen LogP contribution in [0.4, 0.5) is 0 Å². The highest BCUT2D eigenvalue weighted by Crippen LogP contribution is 2.34. The molecule has 0 aliphatic carbocycles. The van der Waals surface area contributed by atoms with Gasteiger partial charge in [-0.25, -0.2) is 9.78 Å². The topological polar surface area (TPSA) is 113 Å². The standard InChI is InChI=1S/C25H31N3O5/c1-7-32-23-14(2)17-11-28(24(26)22(17)27-15(23)3)12-19(29)16-8-9-20(33-13-21(30)31)18(10-16)25(4,5)6/h8-10,26H,7,11-13H2,1-6H3,(H,30,31). The van der Waals surface area contributed by atoms with Crippen molar-refractivity contribution in [1.82, 2.24) is 9.88 Å². The summed E-state index contributed by atoms with van der Waals surface area (Å²) in [6, 6.07) is 5.04. The van der Waals surface area contributed by atoms with Crippen molar-refractivity contribution in [3.05, 3.63) is 51.8 Å². The number of nitrogens with zero attached hydrogens (tertiary/aromatic N) is 2. The Morgan fingerprint density at radius 2 is 1.91 bits per heavy atom. The van der Waals surface area contributed by atoms with E-state index in [1.807, 2.05) is 41.5 Å². The molecule has 8 nitrogen and oxygen atoms in total. The van der Waals surface area contributed by atoms with Gasteiger partial charge in [-0.1, -0.05) is 20.8 Å². The number of pyridine rings is 1. The van der Waals surface area contributed by atoms with E-state index in [2.05, 4.69) is 4.98 Å². The third-order valence-corrected chi connectivity index (χ3v) is 5.66. The van der Waals surface area contributed by atoms with Gasteiger partial charge in [0.05, 0.1) is 18.8 Å². The maximum atomic E-state index is 13.2. The quantitative estimate of drug-likeness (QED) is 0.583. The molecule has 1 aliphatic rings. The highest BCUT2D eigenvalue weighted by molar-refractivity contribution is 6.04. The van der Waals surface area contributed by atoms with Gasteiger partial charge in [0.2, 0.25) is 0 Å². The zero-order valence-corrected chi connectivity index (χ0v) is 20.0. The molecule has 0 saturated heterocycles. The summed E-state index contributed by atoms with van der Waals surface area (Å²) in [5.74, 6) is 0.214. The zero-order chi connectivity index (χ0) is 24.5. The second-order valence-electron chi connectivity index (χ2n) is 9.18. The van der Waals surface area contributed by atoms with Crippen LogP contribution in [0.1, 0.15) is 66.1 Å². The van der Waals surface area contributed by atoms with Gasteiger partial charge in [-0.05, 0) is 44.4 Å². The number of rotatable bonds is 8. The van der Waals surface area contributed by atoms with E-state index in [0.717, 1.165) is 28.1 Å². The fourth-order valence-corrected chi connectivity index (χ4v) is 3.99. The number of carboxylic acids is 1. The number of amidine groups is 1. The molecule has 2 heterocycles. The number of aromatic nitrogens is 1. The second-order valence-corrected chi connectivity index (χ2v) is 9.18. The van der Waals surface area contributed by atoms with Crippen molar-refractivity contribution in [2.45, 2.75) is 53.5 Å². The fourth-order valence-electron chi connectivity index (χ4n) is 3.99. The molecule has 8 heteroatoms. The molecule has 0 saturated carbocycles. The number of hydrogen-bond donors (Lipinski definition) is 2. The van der Waals surface area contributed by atoms with Crippen molar-refractivity contribution in [2.75, 3.05) is 19.8 Å². The fraction of sp³-hybridized carbons (Fsp3) is 0.440. The van der Waals surface area contributed by atoms with Crippen LogP contribution in [-0.4, -0.2) is 52.3 Å². The van der Waals surface area contributed by atoms with E-state index < -0.39 is 12.6 Å². The minimum absolute atomic E-state index is 0.0383. The van der Waals surface area contributed by atoms with Crippen LogP contribution in [0.2, 0.25) is 0 Å². The SMILES string of the molecule is CCOc1c(C)nc2c(c1C)CN(CC(=O)c1ccc(OCC(=O)O)c(C(C)(C)C)c1)C2=N. The van der Waals surface area contributed by atoms with Gasteiger partial charge in [-0.2, -0.15) is 0 Å². The smallest absolute Gasteiger partial charge is 0.341 e. The number of fused-ring (bicyclic) bond motifs is 1. The Morgan fingerprint density at radius 1 is 1.21 bits per heavy atom. The molecule has 0 atom stereocenters. The molecule has 0 radical (unpaired) electrons. The molecule has 0 spiro atoms. The molecular formula is C25H31N3O5. The highest BCUT2D eigenvalue weighted by atomic mass is 16.5. The molecular weight excluding hydrogens is 422 g/mol. The Hall–Kier alpha value is -3.42. The molecule has 0 fully saturated rings. The number of carboxylic acid groups (broad SMARTS) is 1. The van der Waals surface area contributed by atoms with Gasteiger partial charge in [0.25, 0.3) is 0 Å². The summed E-state index contributed by atoms with van der Waals surface area (Å²) in [4.78, 5) is 30.4. The number of aryl methyl sites for hydroxylation is 1. The normalized spacial score (nSPS) is 13.2. The Morgan fingerprint density at radius 3 is 2.52 bits per heavy atom. The molecule has 0 unspecified atom stereocenters. The summed E-state index contributed by atoms with van der Waals surface area (Å²) in [5, 5.41) is 17.5. The average molecular weight is 454 g/mol. The van der Waals surface area contributed by atoms with Crippen molar-refractivity contribution >= 4 is 17.6 Å². The van der Waals surface area contributed by atoms with E-state index in [0.29, 0.717) is 30.2 Å². The van der Waals surface area contributed by atoms with Gasteiger partial charge < -0.3 is 19.5 Å². The molecule has 1 aromatic carbocycles. The molecule has 1 aromatic heterocycles. The van der Waals surface area contributed by atoms with Crippen LogP contribution in [-0.2, 0) is 16.8 Å². The number of aliphatic carboxylic acids is 1. The third-order valence-electron chi connectivity index (χ3n) is 5.66. The monoisotopic (exact) mass is 453 g/mol. The lowest BCUT2D eigenvalue weighted by molar-refractivity contribution is -0.139. The lowest BCUT2D eigenvalue weighted by atomic mass is 9.85. The number of ketones is 1. The van der Waals surface area contributed by atoms with E-state index in [1.165, 1.54) is 0 Å². The number of benzene rings is 1. The van der Waals surface area contributed by atoms with Crippen LogP contribution < -0.4 is 9.47 Å². The Balaban J connectivity index is 1.84. The van der Waals surface area contributed by atoms with Crippen LogP contribution in [0.5, 0.6) is 11.5 Å². The maximum absolute atomic E-state index is 13.2. The lowest BCUT2D eigenvalue weighted by Gasteiger charge is -2.24. The first-order valence-corrected chi connectivity index (χ1v) is 10.9. The number of Topliss-reactive ketones (excluding diaryl/α,β-unsaturated/α-hetero) is 1. The van der Waals surface area contributed by atoms with Crippen LogP contribution in [0.25, 0.3) is 0 Å². The van der Waals surface area contributed by atoms with Crippen molar-refractivity contribution in [3.8, 4) is 11.5 Å². The first kappa shape index (κ1) is 24.2. The van der Waals surface area contributed by atoms with Gasteiger partial charge in [0, 0.05) is 28.8 Å². The number of hydrogen-bond acceptors (Lipinski definition) is 6. The van der Waals surface area contributed by atoms with E-state index in [4.69, 9.17) is 20.0 Å². The number of carbonyl (C=O) groups is 2. The van der Waals surface area contributed by atoms with Crippen molar-refractivity contribution in [2.24, 2.45) is 0 Å². The van der Waals surface area contributed by atoms with Crippen molar-refractivity contribution < 1.29 is 24.2 Å². The maximum Gasteiger partial charge on any atom is 0.341 e. The first-order valence-electron chi connectivity index (χ1n) is 10.9. The van der Waals surface area contributed by atoms with Gasteiger partial charge in [0.1, 0.15) is 23.0 Å². The van der Waals surface area contributed by atoms with Crippen molar-refractivity contribution in [1.29, 1.82) is 5.41 Å². The lowest BCUT2D eigenvalue weighted by Crippen LogP contribution is -2.30. The average Bonchev–Trinajstić information content (AvgIpc) is 3.04. The summed E-state index contributed by atoms with van der Waals surface area (Å²) in [7, 11) is 0. The Kier molecular flexibility index (Phi) is 6.76. The number of carbonyl (C=O) groups excluding carboxylic acids is 1. The van der Waals surface area contributed by atoms with Crippen LogP contribution in [0.15, 0.2) is 18.2 Å². The van der Waals surface area contributed by atoms with Gasteiger partial charge in [-0.15, -0.1) is 0 Å². The highest BCUT2D eigenvalue weighted by Gasteiger charge is 2.31. The molecule has 2 aromatic rings. The van der Waals surface area contributed by atoms with Crippen LogP contribution >= 0.6 is 0 Å². The first-order chi connectivity index (χ1) is 15.4. The Bertz CT molecular complexity index is 1120. The third kappa shape index (κ3) is 4.99. The minimum Gasteiger partial charge on any atom is -0.492 e. The zero-order valence-electron chi connectivity index (χ0n) is 20.0. The Labute approximate surface area is 194 Å². The molecule has 3 rings (SSSR count). The number of nitrogens with one attached hydrogen (secondary N) is 1. The summed E-state index contributed by atoms with van der Waals surface area (Å²) >= 11 is 0. The predicted molar refractivity (Wildman–Crippen MR) is 125 cm³/mol. The van der Waals surface area contributed by atoms with Gasteiger partial charge in [-0.3, -0.25) is 10.2 Å². The molecule has 176 valence electrons. The molecule has 0 bridgehead atoms. The van der Waals surface area contributed by atoms with Crippen molar-refractivity contribution in [3.63, 3.8) is 0 Å². The summed E-state index contributed by atoms with van der Waals surface area (Å²) in [6.07, 6.45) is 0. The molecule has 2 N–H and O–H groups in total. The van der Waals surface area contributed by atoms with E-state index in [-0.39, 0.29) is 23.6 Å².